The van der Waals surface area contributed by atoms with Crippen molar-refractivity contribution < 1.29 is 9.53 Å². The lowest BCUT2D eigenvalue weighted by atomic mass is 10.1. The summed E-state index contributed by atoms with van der Waals surface area (Å²) in [6.07, 6.45) is 4.65. The Balaban J connectivity index is 1.57. The average molecular weight is 337 g/mol. The van der Waals surface area contributed by atoms with E-state index in [4.69, 9.17) is 4.74 Å². The van der Waals surface area contributed by atoms with Gasteiger partial charge in [0.2, 0.25) is 5.91 Å². The molecule has 25 heavy (non-hydrogen) atoms. The number of nitrogens with zero attached hydrogens (tertiary/aromatic N) is 4. The Labute approximate surface area is 145 Å². The summed E-state index contributed by atoms with van der Waals surface area (Å²) < 4.78 is 7.26. The van der Waals surface area contributed by atoms with Gasteiger partial charge >= 0.3 is 0 Å². The third kappa shape index (κ3) is 4.87. The van der Waals surface area contributed by atoms with Gasteiger partial charge in [0.1, 0.15) is 31.6 Å². The Hall–Kier alpha value is -3.22. The number of ether oxygens (including phenoxy) is 1. The molecule has 3 aromatic rings. The van der Waals surface area contributed by atoms with Crippen molar-refractivity contribution in [3.63, 3.8) is 0 Å². The monoisotopic (exact) mass is 337 g/mol. The number of hydrogen-bond donors (Lipinski definition) is 1. The minimum absolute atomic E-state index is 0.127. The highest BCUT2D eigenvalue weighted by Crippen LogP contribution is 2.20. The van der Waals surface area contributed by atoms with E-state index in [0.29, 0.717) is 6.61 Å². The summed E-state index contributed by atoms with van der Waals surface area (Å²) in [6, 6.07) is 13.2. The molecule has 128 valence electrons. The maximum absolute atomic E-state index is 12.1. The van der Waals surface area contributed by atoms with E-state index < -0.39 is 0 Å². The fourth-order valence-electron chi connectivity index (χ4n) is 2.35. The van der Waals surface area contributed by atoms with Gasteiger partial charge in [-0.1, -0.05) is 18.2 Å². The molecule has 0 spiro atoms. The zero-order valence-electron chi connectivity index (χ0n) is 13.9. The summed E-state index contributed by atoms with van der Waals surface area (Å²) in [6.45, 7) is 2.47. The van der Waals surface area contributed by atoms with Crippen LogP contribution in [0.15, 0.2) is 61.3 Å². The van der Waals surface area contributed by atoms with Crippen molar-refractivity contribution in [3.8, 4) is 5.75 Å². The van der Waals surface area contributed by atoms with Crippen LogP contribution >= 0.6 is 0 Å². The predicted molar refractivity (Wildman–Crippen MR) is 91.6 cm³/mol. The summed E-state index contributed by atoms with van der Waals surface area (Å²) in [7, 11) is 0. The largest absolute Gasteiger partial charge is 0.487 e. The Morgan fingerprint density at radius 1 is 1.28 bits per heavy atom. The van der Waals surface area contributed by atoms with Crippen molar-refractivity contribution in [3.05, 3.63) is 72.6 Å². The van der Waals surface area contributed by atoms with E-state index in [-0.39, 0.29) is 18.5 Å². The lowest BCUT2D eigenvalue weighted by Crippen LogP contribution is -2.30. The molecule has 0 fully saturated rings. The van der Waals surface area contributed by atoms with Crippen LogP contribution in [-0.4, -0.2) is 25.7 Å². The molecule has 0 aliphatic rings. The molecule has 1 N–H and O–H groups in total. The summed E-state index contributed by atoms with van der Waals surface area (Å²) in [5.74, 6) is 0.610. The summed E-state index contributed by atoms with van der Waals surface area (Å²) in [4.78, 5) is 20.1. The highest BCUT2D eigenvalue weighted by atomic mass is 16.5. The minimum Gasteiger partial charge on any atom is -0.487 e. The molecule has 7 heteroatoms. The second kappa shape index (κ2) is 8.05. The Kier molecular flexibility index (Phi) is 5.36. The van der Waals surface area contributed by atoms with E-state index in [1.165, 1.54) is 17.3 Å². The highest BCUT2D eigenvalue weighted by molar-refractivity contribution is 5.76. The van der Waals surface area contributed by atoms with E-state index in [2.05, 4.69) is 20.4 Å². The average Bonchev–Trinajstić information content (AvgIpc) is 3.14. The van der Waals surface area contributed by atoms with Gasteiger partial charge < -0.3 is 10.1 Å². The maximum Gasteiger partial charge on any atom is 0.242 e. The quantitative estimate of drug-likeness (QED) is 0.714. The van der Waals surface area contributed by atoms with Crippen LogP contribution in [0.4, 0.5) is 0 Å². The van der Waals surface area contributed by atoms with Gasteiger partial charge in [0.25, 0.3) is 0 Å². The van der Waals surface area contributed by atoms with Gasteiger partial charge in [-0.25, -0.2) is 9.67 Å². The number of rotatable bonds is 7. The van der Waals surface area contributed by atoms with Gasteiger partial charge in [-0.05, 0) is 36.8 Å². The Morgan fingerprint density at radius 2 is 2.20 bits per heavy atom. The van der Waals surface area contributed by atoms with Crippen LogP contribution in [0.5, 0.6) is 5.75 Å². The van der Waals surface area contributed by atoms with Crippen LogP contribution in [0, 0.1) is 0 Å². The van der Waals surface area contributed by atoms with Crippen LogP contribution < -0.4 is 10.1 Å². The standard InChI is InChI=1S/C18H19N5O2/c1-14(22-18(24)10-23-13-19-12-21-23)15-5-4-7-17(9-15)25-11-16-6-2-3-8-20-16/h2-9,12-14H,10-11H2,1H3,(H,22,24)/t14-/m0/s1. The minimum atomic E-state index is -0.144. The number of aromatic nitrogens is 4. The molecular weight excluding hydrogens is 318 g/mol. The van der Waals surface area contributed by atoms with Gasteiger partial charge in [-0.2, -0.15) is 5.10 Å². The number of benzene rings is 1. The van der Waals surface area contributed by atoms with Gasteiger partial charge in [0, 0.05) is 6.20 Å². The molecule has 1 atom stereocenters. The molecule has 0 saturated heterocycles. The number of pyridine rings is 1. The van der Waals surface area contributed by atoms with Gasteiger partial charge in [-0.15, -0.1) is 0 Å². The van der Waals surface area contributed by atoms with Crippen molar-refractivity contribution in [1.29, 1.82) is 0 Å². The van der Waals surface area contributed by atoms with Crippen molar-refractivity contribution in [1.82, 2.24) is 25.1 Å². The zero-order chi connectivity index (χ0) is 17.5. The van der Waals surface area contributed by atoms with E-state index in [0.717, 1.165) is 17.0 Å². The van der Waals surface area contributed by atoms with Crippen LogP contribution in [0.25, 0.3) is 0 Å². The van der Waals surface area contributed by atoms with E-state index >= 15 is 0 Å². The van der Waals surface area contributed by atoms with Gasteiger partial charge in [-0.3, -0.25) is 9.78 Å². The second-order valence-corrected chi connectivity index (χ2v) is 5.56. The van der Waals surface area contributed by atoms with Crippen molar-refractivity contribution in [2.75, 3.05) is 0 Å². The van der Waals surface area contributed by atoms with Crippen molar-refractivity contribution in [2.45, 2.75) is 26.1 Å². The fourth-order valence-corrected chi connectivity index (χ4v) is 2.35. The van der Waals surface area contributed by atoms with Crippen LogP contribution in [-0.2, 0) is 17.9 Å². The van der Waals surface area contributed by atoms with Gasteiger partial charge in [0.05, 0.1) is 11.7 Å². The van der Waals surface area contributed by atoms with Crippen molar-refractivity contribution >= 4 is 5.91 Å². The van der Waals surface area contributed by atoms with Crippen LogP contribution in [0.3, 0.4) is 0 Å². The summed E-state index contributed by atoms with van der Waals surface area (Å²) >= 11 is 0. The molecule has 1 amide bonds. The predicted octanol–water partition coefficient (Wildman–Crippen LogP) is 2.13. The Bertz CT molecular complexity index is 805. The second-order valence-electron chi connectivity index (χ2n) is 5.56. The third-order valence-electron chi connectivity index (χ3n) is 3.62. The Morgan fingerprint density at radius 3 is 2.96 bits per heavy atom. The lowest BCUT2D eigenvalue weighted by Gasteiger charge is -2.15. The zero-order valence-corrected chi connectivity index (χ0v) is 13.9. The third-order valence-corrected chi connectivity index (χ3v) is 3.62. The SMILES string of the molecule is C[C@H](NC(=O)Cn1cncn1)c1cccc(OCc2ccccn2)c1. The molecule has 0 radical (unpaired) electrons. The smallest absolute Gasteiger partial charge is 0.242 e. The van der Waals surface area contributed by atoms with E-state index in [1.807, 2.05) is 49.4 Å². The highest BCUT2D eigenvalue weighted by Gasteiger charge is 2.11. The van der Waals surface area contributed by atoms with E-state index in [9.17, 15) is 4.79 Å². The first-order valence-electron chi connectivity index (χ1n) is 7.95. The molecule has 1 aromatic carbocycles. The van der Waals surface area contributed by atoms with E-state index in [1.54, 1.807) is 6.20 Å². The lowest BCUT2D eigenvalue weighted by molar-refractivity contribution is -0.122. The van der Waals surface area contributed by atoms with Crippen LogP contribution in [0.1, 0.15) is 24.2 Å². The summed E-state index contributed by atoms with van der Waals surface area (Å²) in [5, 5.41) is 6.86. The number of carbonyl (C=O) groups is 1. The molecule has 0 aliphatic carbocycles. The molecule has 2 aromatic heterocycles. The molecule has 2 heterocycles. The number of amides is 1. The first kappa shape index (κ1) is 16.6. The number of nitrogens with one attached hydrogen (secondary N) is 1. The fraction of sp³-hybridized carbons (Fsp3) is 0.222. The van der Waals surface area contributed by atoms with Gasteiger partial charge in [0.15, 0.2) is 0 Å². The topological polar surface area (TPSA) is 81.9 Å². The number of hydrogen-bond acceptors (Lipinski definition) is 5. The normalized spacial score (nSPS) is 11.7. The first-order chi connectivity index (χ1) is 12.2. The van der Waals surface area contributed by atoms with Crippen molar-refractivity contribution in [2.24, 2.45) is 0 Å². The molecule has 7 nitrogen and oxygen atoms in total. The molecule has 0 saturated carbocycles. The molecular formula is C18H19N5O2. The molecule has 0 unspecified atom stereocenters. The molecule has 0 aliphatic heterocycles. The maximum atomic E-state index is 12.1. The molecule has 0 bridgehead atoms. The first-order valence-corrected chi connectivity index (χ1v) is 7.95. The summed E-state index contributed by atoms with van der Waals surface area (Å²) in [5.41, 5.74) is 1.83. The number of carbonyl (C=O) groups excluding carboxylic acids is 1. The molecule has 3 rings (SSSR count). The van der Waals surface area contributed by atoms with Crippen LogP contribution in [0.2, 0.25) is 0 Å².